The highest BCUT2D eigenvalue weighted by Gasteiger charge is 2.25. The van der Waals surface area contributed by atoms with Crippen molar-refractivity contribution in [2.24, 2.45) is 5.73 Å². The number of carbonyl (C=O) groups is 2. The highest BCUT2D eigenvalue weighted by molar-refractivity contribution is 5.94. The molecule has 5 rings (SSSR count). The Kier molecular flexibility index (Phi) is 8.37. The molecule has 1 amide bonds. The number of nitrogens with one attached hydrogen (secondary N) is 1. The van der Waals surface area contributed by atoms with Crippen LogP contribution in [0.5, 0.6) is 0 Å². The Hall–Kier alpha value is -3.97. The summed E-state index contributed by atoms with van der Waals surface area (Å²) in [4.78, 5) is 35.5. The molecule has 1 aliphatic rings. The van der Waals surface area contributed by atoms with Crippen LogP contribution in [0.25, 0.3) is 11.0 Å². The fourth-order valence-electron chi connectivity index (χ4n) is 5.69. The van der Waals surface area contributed by atoms with Crippen LogP contribution in [0, 0.1) is 0 Å². The van der Waals surface area contributed by atoms with E-state index in [4.69, 9.17) is 10.7 Å². The fourth-order valence-corrected chi connectivity index (χ4v) is 5.69. The Morgan fingerprint density at radius 1 is 0.949 bits per heavy atom. The van der Waals surface area contributed by atoms with Crippen molar-refractivity contribution in [1.29, 1.82) is 0 Å². The molecule has 0 saturated heterocycles. The molecule has 0 unspecified atom stereocenters. The van der Waals surface area contributed by atoms with Gasteiger partial charge in [0.15, 0.2) is 0 Å². The third-order valence-electron chi connectivity index (χ3n) is 7.66. The van der Waals surface area contributed by atoms with Gasteiger partial charge in [-0.1, -0.05) is 55.3 Å². The van der Waals surface area contributed by atoms with Crippen LogP contribution in [0.2, 0.25) is 0 Å². The summed E-state index contributed by atoms with van der Waals surface area (Å²) in [5.41, 5.74) is 12.6. The van der Waals surface area contributed by atoms with Crippen molar-refractivity contribution < 1.29 is 14.7 Å². The van der Waals surface area contributed by atoms with Crippen molar-refractivity contribution in [2.75, 3.05) is 13.1 Å². The third kappa shape index (κ3) is 6.37. The number of H-pyrrole nitrogens is 1. The number of hydrogen-bond acceptors (Lipinski definition) is 4. The number of aromatic amines is 1. The standard InChI is InChI=1S/C32H36N4O3/c33-15-7-1-2-8-16-36(21-30-34-28-11-5-6-12-29(28)35-30)32(39)24-14-13-22-17-26(20-31(37)38)27-10-4-3-9-23(27)18-25(22)19-24/h3-6,9-14,19,26H,1-2,7-8,15-18,20-21,33H2,(H,34,35)(H,37,38)/t26-/m0/s1. The Bertz CT molecular complexity index is 1430. The lowest BCUT2D eigenvalue weighted by atomic mass is 9.89. The van der Waals surface area contributed by atoms with Crippen LogP contribution in [0.3, 0.4) is 0 Å². The van der Waals surface area contributed by atoms with Gasteiger partial charge >= 0.3 is 5.97 Å². The van der Waals surface area contributed by atoms with Gasteiger partial charge in [0.05, 0.1) is 24.0 Å². The van der Waals surface area contributed by atoms with E-state index in [1.165, 1.54) is 0 Å². The van der Waals surface area contributed by atoms with E-state index in [1.54, 1.807) is 0 Å². The van der Waals surface area contributed by atoms with Crippen LogP contribution < -0.4 is 5.73 Å². The number of carboxylic acids is 1. The van der Waals surface area contributed by atoms with Crippen LogP contribution in [0.1, 0.15) is 76.5 Å². The minimum Gasteiger partial charge on any atom is -0.481 e. The van der Waals surface area contributed by atoms with Crippen LogP contribution in [0.4, 0.5) is 0 Å². The molecule has 1 aromatic heterocycles. The van der Waals surface area contributed by atoms with Gasteiger partial charge in [0.1, 0.15) is 5.82 Å². The number of amides is 1. The lowest BCUT2D eigenvalue weighted by Gasteiger charge is -2.23. The van der Waals surface area contributed by atoms with Gasteiger partial charge in [-0.2, -0.15) is 0 Å². The van der Waals surface area contributed by atoms with Crippen molar-refractivity contribution >= 4 is 22.9 Å². The first-order chi connectivity index (χ1) is 19.0. The maximum absolute atomic E-state index is 13.9. The Balaban J connectivity index is 1.40. The van der Waals surface area contributed by atoms with Gasteiger partial charge in [-0.3, -0.25) is 9.59 Å². The highest BCUT2D eigenvalue weighted by atomic mass is 16.4. The monoisotopic (exact) mass is 524 g/mol. The zero-order valence-electron chi connectivity index (χ0n) is 22.2. The summed E-state index contributed by atoms with van der Waals surface area (Å²) >= 11 is 0. The van der Waals surface area contributed by atoms with Crippen molar-refractivity contribution in [2.45, 2.75) is 57.4 Å². The van der Waals surface area contributed by atoms with Gasteiger partial charge in [-0.15, -0.1) is 0 Å². The van der Waals surface area contributed by atoms with Crippen molar-refractivity contribution in [3.8, 4) is 0 Å². The van der Waals surface area contributed by atoms with Gasteiger partial charge in [0, 0.05) is 12.1 Å². The second-order valence-electron chi connectivity index (χ2n) is 10.5. The first kappa shape index (κ1) is 26.6. The summed E-state index contributed by atoms with van der Waals surface area (Å²) < 4.78 is 0. The summed E-state index contributed by atoms with van der Waals surface area (Å²) in [5, 5.41) is 9.53. The van der Waals surface area contributed by atoms with E-state index in [2.05, 4.69) is 11.1 Å². The van der Waals surface area contributed by atoms with E-state index < -0.39 is 5.97 Å². The number of carboxylic acid groups (broad SMARTS) is 1. The van der Waals surface area contributed by atoms with Crippen LogP contribution in [-0.4, -0.2) is 44.9 Å². The maximum atomic E-state index is 13.9. The predicted octanol–water partition coefficient (Wildman–Crippen LogP) is 5.43. The smallest absolute Gasteiger partial charge is 0.303 e. The summed E-state index contributed by atoms with van der Waals surface area (Å²) in [7, 11) is 0. The van der Waals surface area contributed by atoms with Crippen molar-refractivity contribution in [3.05, 3.63) is 100 Å². The second-order valence-corrected chi connectivity index (χ2v) is 10.5. The SMILES string of the molecule is NCCCCCCN(Cc1nc2ccccc2[nH]1)C(=O)c1ccc2c(c1)Cc1ccccc1[C@H](CC(=O)O)C2. The van der Waals surface area contributed by atoms with E-state index in [1.807, 2.05) is 65.6 Å². The number of benzene rings is 3. The third-order valence-corrected chi connectivity index (χ3v) is 7.66. The number of aliphatic carboxylic acids is 1. The minimum atomic E-state index is -0.794. The van der Waals surface area contributed by atoms with Gasteiger partial charge in [0.25, 0.3) is 5.91 Å². The zero-order chi connectivity index (χ0) is 27.2. The highest BCUT2D eigenvalue weighted by Crippen LogP contribution is 2.34. The molecule has 7 heteroatoms. The van der Waals surface area contributed by atoms with E-state index in [0.29, 0.717) is 38.0 Å². The molecule has 39 heavy (non-hydrogen) atoms. The van der Waals surface area contributed by atoms with E-state index in [9.17, 15) is 14.7 Å². The number of carbonyl (C=O) groups excluding carboxylic acids is 1. The summed E-state index contributed by atoms with van der Waals surface area (Å²) in [6.45, 7) is 1.74. The molecule has 1 heterocycles. The normalized spacial score (nSPS) is 14.4. The molecule has 7 nitrogen and oxygen atoms in total. The van der Waals surface area contributed by atoms with E-state index in [-0.39, 0.29) is 18.2 Å². The summed E-state index contributed by atoms with van der Waals surface area (Å²) in [5.74, 6) is -0.124. The van der Waals surface area contributed by atoms with Crippen LogP contribution >= 0.6 is 0 Å². The van der Waals surface area contributed by atoms with Gasteiger partial charge < -0.3 is 20.7 Å². The van der Waals surface area contributed by atoms with E-state index >= 15 is 0 Å². The number of para-hydroxylation sites is 2. The molecule has 1 atom stereocenters. The first-order valence-electron chi connectivity index (χ1n) is 13.9. The maximum Gasteiger partial charge on any atom is 0.303 e. The number of nitrogens with zero attached hydrogens (tertiary/aromatic N) is 2. The molecule has 1 aliphatic carbocycles. The molecule has 0 aliphatic heterocycles. The topological polar surface area (TPSA) is 112 Å². The van der Waals surface area contributed by atoms with Crippen LogP contribution in [0.15, 0.2) is 66.7 Å². The molecular formula is C32H36N4O3. The quantitative estimate of drug-likeness (QED) is 0.227. The lowest BCUT2D eigenvalue weighted by molar-refractivity contribution is -0.137. The lowest BCUT2D eigenvalue weighted by Crippen LogP contribution is -2.32. The predicted molar refractivity (Wildman–Crippen MR) is 153 cm³/mol. The van der Waals surface area contributed by atoms with Crippen molar-refractivity contribution in [3.63, 3.8) is 0 Å². The molecule has 4 aromatic rings. The van der Waals surface area contributed by atoms with Crippen molar-refractivity contribution in [1.82, 2.24) is 14.9 Å². The minimum absolute atomic E-state index is 0.0169. The Morgan fingerprint density at radius 2 is 1.74 bits per heavy atom. The number of nitrogens with two attached hydrogens (primary N) is 1. The number of fused-ring (bicyclic) bond motifs is 3. The Labute approximate surface area is 229 Å². The van der Waals surface area contributed by atoms with Gasteiger partial charge in [-0.05, 0) is 84.7 Å². The number of rotatable bonds is 11. The Morgan fingerprint density at radius 3 is 2.56 bits per heavy atom. The zero-order valence-corrected chi connectivity index (χ0v) is 22.2. The molecular weight excluding hydrogens is 488 g/mol. The average Bonchev–Trinajstić information content (AvgIpc) is 3.28. The molecule has 0 bridgehead atoms. The fraction of sp³-hybridized carbons (Fsp3) is 0.344. The summed E-state index contributed by atoms with van der Waals surface area (Å²) in [6, 6.07) is 21.9. The number of aromatic nitrogens is 2. The largest absolute Gasteiger partial charge is 0.481 e. The number of imidazole rings is 1. The van der Waals surface area contributed by atoms with Crippen LogP contribution in [-0.2, 0) is 24.2 Å². The molecule has 0 spiro atoms. The molecule has 0 radical (unpaired) electrons. The first-order valence-corrected chi connectivity index (χ1v) is 13.9. The molecule has 0 fully saturated rings. The molecule has 3 aromatic carbocycles. The van der Waals surface area contributed by atoms with Gasteiger partial charge in [0.2, 0.25) is 0 Å². The van der Waals surface area contributed by atoms with Gasteiger partial charge in [-0.25, -0.2) is 4.98 Å². The molecule has 202 valence electrons. The van der Waals surface area contributed by atoms with E-state index in [0.717, 1.165) is 64.8 Å². The average molecular weight is 525 g/mol. The number of hydrogen-bond donors (Lipinski definition) is 3. The molecule has 4 N–H and O–H groups in total. The molecule has 0 saturated carbocycles. The summed E-state index contributed by atoms with van der Waals surface area (Å²) in [6.07, 6.45) is 5.40. The number of unbranched alkanes of at least 4 members (excludes halogenated alkanes) is 3. The second kappa shape index (κ2) is 12.3.